The second-order valence-electron chi connectivity index (χ2n) is 4.75. The third kappa shape index (κ3) is 4.39. The van der Waals surface area contributed by atoms with E-state index in [1.807, 2.05) is 0 Å². The predicted octanol–water partition coefficient (Wildman–Crippen LogP) is 1.94. The third-order valence-electron chi connectivity index (χ3n) is 2.28. The Hall–Kier alpha value is 1.60. The molecule has 0 saturated carbocycles. The summed E-state index contributed by atoms with van der Waals surface area (Å²) in [5, 5.41) is 3.63. The van der Waals surface area contributed by atoms with Crippen molar-refractivity contribution in [2.75, 3.05) is 0 Å². The molecule has 0 atom stereocenters. The number of rotatable bonds is 0. The summed E-state index contributed by atoms with van der Waals surface area (Å²) < 4.78 is 0. The molecule has 1 aliphatic rings. The largest absolute Gasteiger partial charge is 0.307 e. The van der Waals surface area contributed by atoms with Gasteiger partial charge in [0.25, 0.3) is 0 Å². The van der Waals surface area contributed by atoms with Gasteiger partial charge >= 0.3 is 0 Å². The smallest absolute Gasteiger partial charge is 0.0130 e. The van der Waals surface area contributed by atoms with Crippen LogP contribution < -0.4 is 5.32 Å². The van der Waals surface area contributed by atoms with E-state index in [1.165, 1.54) is 19.3 Å². The van der Waals surface area contributed by atoms with Crippen LogP contribution in [-0.2, 0) is 0 Å². The molecule has 1 fully saturated rings. The molecule has 1 nitrogen and oxygen atoms in total. The van der Waals surface area contributed by atoms with Gasteiger partial charge < -0.3 is 5.32 Å². The van der Waals surface area contributed by atoms with Crippen LogP contribution in [0.25, 0.3) is 0 Å². The quantitative estimate of drug-likeness (QED) is 0.562. The first-order chi connectivity index (χ1) is 4.41. The van der Waals surface area contributed by atoms with E-state index in [0.717, 1.165) is 0 Å². The summed E-state index contributed by atoms with van der Waals surface area (Å²) in [6.07, 6.45) is 4.00. The van der Waals surface area contributed by atoms with Crippen molar-refractivity contribution >= 4 is 51.4 Å². The Morgan fingerprint density at radius 1 is 0.909 bits per heavy atom. The molecule has 1 heterocycles. The molecule has 0 spiro atoms. The molecule has 1 rings (SSSR count). The molecule has 0 aromatic carbocycles. The summed E-state index contributed by atoms with van der Waals surface area (Å²) in [6.45, 7) is 9.14. The molecule has 0 aromatic heterocycles. The molecule has 2 heteroatoms. The molecule has 1 aliphatic heterocycles. The molecule has 1 N–H and O–H groups in total. The van der Waals surface area contributed by atoms with Crippen LogP contribution in [0.5, 0.6) is 0 Å². The van der Waals surface area contributed by atoms with E-state index < -0.39 is 0 Å². The SMILES string of the molecule is CC1(C)CCCC(C)(C)N1.[K]. The van der Waals surface area contributed by atoms with Crippen LogP contribution >= 0.6 is 0 Å². The van der Waals surface area contributed by atoms with Crippen molar-refractivity contribution in [3.8, 4) is 0 Å². The molecule has 0 aliphatic carbocycles. The Balaban J connectivity index is 0.000001000. The van der Waals surface area contributed by atoms with Crippen LogP contribution in [0.4, 0.5) is 0 Å². The van der Waals surface area contributed by atoms with Crippen molar-refractivity contribution < 1.29 is 0 Å². The summed E-state index contributed by atoms with van der Waals surface area (Å²) in [4.78, 5) is 0. The molecular weight excluding hydrogens is 161 g/mol. The fraction of sp³-hybridized carbons (Fsp3) is 1.00. The summed E-state index contributed by atoms with van der Waals surface area (Å²) >= 11 is 0. The number of piperidine rings is 1. The average molecular weight is 180 g/mol. The second-order valence-corrected chi connectivity index (χ2v) is 4.75. The zero-order valence-corrected chi connectivity index (χ0v) is 11.7. The molecule has 0 bridgehead atoms. The first-order valence-corrected chi connectivity index (χ1v) is 4.21. The Bertz CT molecular complexity index is 116. The number of hydrogen-bond acceptors (Lipinski definition) is 1. The van der Waals surface area contributed by atoms with Crippen LogP contribution in [-0.4, -0.2) is 62.5 Å². The van der Waals surface area contributed by atoms with Crippen LogP contribution in [0.3, 0.4) is 0 Å². The fourth-order valence-corrected chi connectivity index (χ4v) is 2.01. The van der Waals surface area contributed by atoms with Crippen molar-refractivity contribution in [3.05, 3.63) is 0 Å². The van der Waals surface area contributed by atoms with Crippen LogP contribution in [0, 0.1) is 0 Å². The Labute approximate surface area is 113 Å². The molecule has 1 radical (unpaired) electrons. The van der Waals surface area contributed by atoms with Crippen molar-refractivity contribution in [2.45, 2.75) is 58.0 Å². The van der Waals surface area contributed by atoms with E-state index in [4.69, 9.17) is 0 Å². The van der Waals surface area contributed by atoms with E-state index in [0.29, 0.717) is 11.1 Å². The molecule has 0 aromatic rings. The first kappa shape index (κ1) is 12.6. The molecule has 61 valence electrons. The van der Waals surface area contributed by atoms with Gasteiger partial charge in [0.2, 0.25) is 0 Å². The van der Waals surface area contributed by atoms with Gasteiger partial charge in [-0.15, -0.1) is 0 Å². The van der Waals surface area contributed by atoms with Gasteiger partial charge in [-0.05, 0) is 47.0 Å². The van der Waals surface area contributed by atoms with E-state index in [9.17, 15) is 0 Å². The monoisotopic (exact) mass is 180 g/mol. The van der Waals surface area contributed by atoms with E-state index in [2.05, 4.69) is 33.0 Å². The summed E-state index contributed by atoms with van der Waals surface area (Å²) in [6, 6.07) is 0. The first-order valence-electron chi connectivity index (χ1n) is 4.21. The summed E-state index contributed by atoms with van der Waals surface area (Å²) in [7, 11) is 0. The topological polar surface area (TPSA) is 12.0 Å². The standard InChI is InChI=1S/C9H19N.K/c1-8(2)6-5-7-9(3,4)10-8;/h10H,5-7H2,1-4H3;. The van der Waals surface area contributed by atoms with Crippen LogP contribution in [0.2, 0.25) is 0 Å². The molecule has 0 unspecified atom stereocenters. The van der Waals surface area contributed by atoms with E-state index in [1.54, 1.807) is 0 Å². The maximum Gasteiger partial charge on any atom is 0.0130 e. The number of hydrogen-bond donors (Lipinski definition) is 1. The molecular formula is C9H19KN. The van der Waals surface area contributed by atoms with Crippen molar-refractivity contribution in [1.29, 1.82) is 0 Å². The normalized spacial score (nSPS) is 27.3. The fourth-order valence-electron chi connectivity index (χ4n) is 2.01. The molecule has 1 saturated heterocycles. The van der Waals surface area contributed by atoms with Gasteiger partial charge in [-0.3, -0.25) is 0 Å². The maximum atomic E-state index is 3.63. The minimum Gasteiger partial charge on any atom is -0.307 e. The van der Waals surface area contributed by atoms with E-state index in [-0.39, 0.29) is 51.4 Å². The third-order valence-corrected chi connectivity index (χ3v) is 2.28. The van der Waals surface area contributed by atoms with Crippen molar-refractivity contribution in [2.24, 2.45) is 0 Å². The van der Waals surface area contributed by atoms with Crippen molar-refractivity contribution in [3.63, 3.8) is 0 Å². The Morgan fingerprint density at radius 3 is 1.45 bits per heavy atom. The number of nitrogens with one attached hydrogen (secondary N) is 1. The van der Waals surface area contributed by atoms with E-state index >= 15 is 0 Å². The Kier molecular flexibility index (Phi) is 4.82. The van der Waals surface area contributed by atoms with Gasteiger partial charge in [0.15, 0.2) is 0 Å². The van der Waals surface area contributed by atoms with Gasteiger partial charge in [-0.25, -0.2) is 0 Å². The van der Waals surface area contributed by atoms with Gasteiger partial charge in [-0.1, -0.05) is 0 Å². The van der Waals surface area contributed by atoms with Gasteiger partial charge in [0, 0.05) is 62.5 Å². The molecule has 11 heavy (non-hydrogen) atoms. The minimum atomic E-state index is 0. The summed E-state index contributed by atoms with van der Waals surface area (Å²) in [5.41, 5.74) is 0.726. The van der Waals surface area contributed by atoms with Gasteiger partial charge in [0.1, 0.15) is 0 Å². The predicted molar refractivity (Wildman–Crippen MR) is 50.9 cm³/mol. The van der Waals surface area contributed by atoms with Crippen LogP contribution in [0.1, 0.15) is 47.0 Å². The molecule has 0 amide bonds. The second kappa shape index (κ2) is 4.21. The van der Waals surface area contributed by atoms with Crippen LogP contribution in [0.15, 0.2) is 0 Å². The minimum absolute atomic E-state index is 0. The maximum absolute atomic E-state index is 3.63. The van der Waals surface area contributed by atoms with Crippen molar-refractivity contribution in [1.82, 2.24) is 5.32 Å². The van der Waals surface area contributed by atoms with Gasteiger partial charge in [-0.2, -0.15) is 0 Å². The van der Waals surface area contributed by atoms with Gasteiger partial charge in [0.05, 0.1) is 0 Å². The zero-order chi connectivity index (χ0) is 7.83. The zero-order valence-electron chi connectivity index (χ0n) is 8.62. The average Bonchev–Trinajstić information content (AvgIpc) is 1.56. The Morgan fingerprint density at radius 2 is 1.27 bits per heavy atom. The summed E-state index contributed by atoms with van der Waals surface area (Å²) in [5.74, 6) is 0.